The summed E-state index contributed by atoms with van der Waals surface area (Å²) >= 11 is 0. The number of ether oxygens (including phenoxy) is 1. The molecule has 8 nitrogen and oxygen atoms in total. The van der Waals surface area contributed by atoms with Crippen molar-refractivity contribution in [2.45, 2.75) is 11.3 Å². The van der Waals surface area contributed by atoms with Gasteiger partial charge in [-0.1, -0.05) is 30.3 Å². The van der Waals surface area contributed by atoms with Crippen LogP contribution in [-0.4, -0.2) is 24.7 Å². The molecule has 0 spiro atoms. The van der Waals surface area contributed by atoms with Gasteiger partial charge < -0.3 is 9.30 Å². The summed E-state index contributed by atoms with van der Waals surface area (Å²) in [6.45, 7) is 0. The van der Waals surface area contributed by atoms with Crippen LogP contribution in [0.4, 0.5) is 5.69 Å². The van der Waals surface area contributed by atoms with Crippen LogP contribution in [0.2, 0.25) is 0 Å². The molecular weight excluding hydrogens is 394 g/mol. The maximum atomic E-state index is 12.8. The van der Waals surface area contributed by atoms with E-state index in [0.717, 1.165) is 26.5 Å². The van der Waals surface area contributed by atoms with Crippen molar-refractivity contribution in [3.63, 3.8) is 0 Å². The lowest BCUT2D eigenvalue weighted by Crippen LogP contribution is -2.40. The van der Waals surface area contributed by atoms with Crippen LogP contribution in [0.25, 0.3) is 0 Å². The van der Waals surface area contributed by atoms with E-state index in [4.69, 9.17) is 4.74 Å². The second-order valence-corrected chi connectivity index (χ2v) is 8.20. The van der Waals surface area contributed by atoms with Crippen LogP contribution in [0.1, 0.15) is 11.1 Å². The Kier molecular flexibility index (Phi) is 5.60. The number of benzene rings is 2. The van der Waals surface area contributed by atoms with E-state index in [9.17, 15) is 18.0 Å². The van der Waals surface area contributed by atoms with Gasteiger partial charge >= 0.3 is 5.69 Å². The van der Waals surface area contributed by atoms with E-state index in [1.807, 2.05) is 30.3 Å². The molecule has 0 unspecified atom stereocenters. The molecule has 0 atom stereocenters. The fourth-order valence-corrected chi connectivity index (χ4v) is 4.18. The number of aryl methyl sites for hydroxylation is 1. The molecule has 29 heavy (non-hydrogen) atoms. The molecule has 3 aromatic rings. The number of aromatic nitrogens is 2. The van der Waals surface area contributed by atoms with Crippen LogP contribution >= 0.6 is 0 Å². The standard InChI is InChI=1S/C20H21N3O5S/c1-22-13-18(19(24)23(2)20(22)25)29(26,27)21-16-9-10-17(28-3)15(12-16)11-14-7-5-4-6-8-14/h4-10,12-13,21H,11H2,1-3H3. The molecule has 1 N–H and O–H groups in total. The van der Waals surface area contributed by atoms with Gasteiger partial charge in [0.1, 0.15) is 5.75 Å². The highest BCUT2D eigenvalue weighted by atomic mass is 32.2. The Morgan fingerprint density at radius 2 is 1.72 bits per heavy atom. The Bertz CT molecular complexity index is 1260. The minimum absolute atomic E-state index is 0.285. The van der Waals surface area contributed by atoms with Crippen LogP contribution < -0.4 is 20.7 Å². The maximum absolute atomic E-state index is 12.8. The van der Waals surface area contributed by atoms with Crippen molar-refractivity contribution >= 4 is 15.7 Å². The van der Waals surface area contributed by atoms with Gasteiger partial charge in [0.25, 0.3) is 15.6 Å². The first-order valence-electron chi connectivity index (χ1n) is 8.73. The monoisotopic (exact) mass is 415 g/mol. The second kappa shape index (κ2) is 7.96. The Labute approximate surface area is 168 Å². The Morgan fingerprint density at radius 1 is 1.03 bits per heavy atom. The molecule has 0 saturated heterocycles. The van der Waals surface area contributed by atoms with Gasteiger partial charge in [-0.25, -0.2) is 13.2 Å². The van der Waals surface area contributed by atoms with Gasteiger partial charge in [0.15, 0.2) is 4.90 Å². The molecule has 0 saturated carbocycles. The first kappa shape index (κ1) is 20.4. The normalized spacial score (nSPS) is 11.3. The van der Waals surface area contributed by atoms with Crippen LogP contribution in [0.15, 0.2) is 69.2 Å². The minimum Gasteiger partial charge on any atom is -0.496 e. The quantitative estimate of drug-likeness (QED) is 0.658. The van der Waals surface area contributed by atoms with Crippen molar-refractivity contribution in [2.24, 2.45) is 14.1 Å². The number of sulfonamides is 1. The van der Waals surface area contributed by atoms with Gasteiger partial charge in [-0.05, 0) is 23.8 Å². The molecule has 0 radical (unpaired) electrons. The van der Waals surface area contributed by atoms with E-state index in [1.165, 1.54) is 14.1 Å². The summed E-state index contributed by atoms with van der Waals surface area (Å²) in [4.78, 5) is 23.6. The number of methoxy groups -OCH3 is 1. The third kappa shape index (κ3) is 4.24. The molecule has 1 aromatic heterocycles. The summed E-state index contributed by atoms with van der Waals surface area (Å²) in [5.74, 6) is 0.620. The summed E-state index contributed by atoms with van der Waals surface area (Å²) in [7, 11) is -0.0430. The molecule has 0 amide bonds. The number of nitrogens with one attached hydrogen (secondary N) is 1. The highest BCUT2D eigenvalue weighted by Gasteiger charge is 2.22. The van der Waals surface area contributed by atoms with E-state index in [-0.39, 0.29) is 5.69 Å². The zero-order valence-electron chi connectivity index (χ0n) is 16.2. The summed E-state index contributed by atoms with van der Waals surface area (Å²) in [5, 5.41) is 0. The van der Waals surface area contributed by atoms with Gasteiger partial charge in [-0.2, -0.15) is 0 Å². The van der Waals surface area contributed by atoms with Crippen molar-refractivity contribution in [2.75, 3.05) is 11.8 Å². The number of nitrogens with zero attached hydrogens (tertiary/aromatic N) is 2. The summed E-state index contributed by atoms with van der Waals surface area (Å²) in [6, 6.07) is 14.6. The van der Waals surface area contributed by atoms with E-state index >= 15 is 0 Å². The van der Waals surface area contributed by atoms with Crippen molar-refractivity contribution < 1.29 is 13.2 Å². The lowest BCUT2D eigenvalue weighted by atomic mass is 10.0. The zero-order valence-corrected chi connectivity index (χ0v) is 17.1. The number of anilines is 1. The average molecular weight is 415 g/mol. The lowest BCUT2D eigenvalue weighted by molar-refractivity contribution is 0.410. The molecule has 0 aliphatic heterocycles. The van der Waals surface area contributed by atoms with Crippen LogP contribution in [0, 0.1) is 0 Å². The van der Waals surface area contributed by atoms with Crippen molar-refractivity contribution in [1.29, 1.82) is 0 Å². The van der Waals surface area contributed by atoms with Gasteiger partial charge in [0, 0.05) is 38.0 Å². The molecule has 2 aromatic carbocycles. The third-order valence-electron chi connectivity index (χ3n) is 4.47. The second-order valence-electron chi connectivity index (χ2n) is 6.55. The number of rotatable bonds is 6. The van der Waals surface area contributed by atoms with Crippen molar-refractivity contribution in [3.05, 3.63) is 86.7 Å². The predicted molar refractivity (Wildman–Crippen MR) is 110 cm³/mol. The molecule has 1 heterocycles. The van der Waals surface area contributed by atoms with E-state index in [0.29, 0.717) is 12.2 Å². The number of hydrogen-bond donors (Lipinski definition) is 1. The van der Waals surface area contributed by atoms with Crippen LogP contribution in [0.5, 0.6) is 5.75 Å². The molecular formula is C20H21N3O5S. The highest BCUT2D eigenvalue weighted by Crippen LogP contribution is 2.26. The molecule has 0 fully saturated rings. The summed E-state index contributed by atoms with van der Waals surface area (Å²) in [5.41, 5.74) is 0.611. The van der Waals surface area contributed by atoms with Gasteiger partial charge in [-0.3, -0.25) is 14.1 Å². The first-order valence-corrected chi connectivity index (χ1v) is 10.2. The van der Waals surface area contributed by atoms with E-state index in [2.05, 4.69) is 4.72 Å². The average Bonchev–Trinajstić information content (AvgIpc) is 2.69. The maximum Gasteiger partial charge on any atom is 0.330 e. The van der Waals surface area contributed by atoms with Gasteiger partial charge in [0.2, 0.25) is 0 Å². The number of hydrogen-bond acceptors (Lipinski definition) is 5. The largest absolute Gasteiger partial charge is 0.496 e. The minimum atomic E-state index is -4.20. The van der Waals surface area contributed by atoms with Gasteiger partial charge in [-0.15, -0.1) is 0 Å². The molecule has 3 rings (SSSR count). The van der Waals surface area contributed by atoms with Crippen LogP contribution in [-0.2, 0) is 30.5 Å². The van der Waals surface area contributed by atoms with Gasteiger partial charge in [0.05, 0.1) is 7.11 Å². The summed E-state index contributed by atoms with van der Waals surface area (Å²) < 4.78 is 35.2. The fourth-order valence-electron chi connectivity index (χ4n) is 2.97. The lowest BCUT2D eigenvalue weighted by Gasteiger charge is -2.13. The zero-order chi connectivity index (χ0) is 21.2. The summed E-state index contributed by atoms with van der Waals surface area (Å²) in [6.07, 6.45) is 1.56. The molecule has 152 valence electrons. The Morgan fingerprint density at radius 3 is 2.38 bits per heavy atom. The first-order chi connectivity index (χ1) is 13.7. The highest BCUT2D eigenvalue weighted by molar-refractivity contribution is 7.92. The fraction of sp³-hybridized carbons (Fsp3) is 0.200. The van der Waals surface area contributed by atoms with E-state index < -0.39 is 26.2 Å². The predicted octanol–water partition coefficient (Wildman–Crippen LogP) is 1.48. The van der Waals surface area contributed by atoms with Crippen molar-refractivity contribution in [3.8, 4) is 5.75 Å². The SMILES string of the molecule is COc1ccc(NS(=O)(=O)c2cn(C)c(=O)n(C)c2=O)cc1Cc1ccccc1. The van der Waals surface area contributed by atoms with E-state index in [1.54, 1.807) is 25.3 Å². The molecule has 0 aliphatic carbocycles. The smallest absolute Gasteiger partial charge is 0.330 e. The van der Waals surface area contributed by atoms with Crippen molar-refractivity contribution in [1.82, 2.24) is 9.13 Å². The Balaban J connectivity index is 1.99. The third-order valence-corrected chi connectivity index (χ3v) is 5.84. The molecule has 0 bridgehead atoms. The molecule has 0 aliphatic rings. The topological polar surface area (TPSA) is 99.4 Å². The van der Waals surface area contributed by atoms with Crippen LogP contribution in [0.3, 0.4) is 0 Å². The Hall–Kier alpha value is -3.33. The molecule has 9 heteroatoms.